The van der Waals surface area contributed by atoms with Gasteiger partial charge in [0.25, 0.3) is 0 Å². The maximum absolute atomic E-state index is 11.1. The number of rotatable bonds is 15. The summed E-state index contributed by atoms with van der Waals surface area (Å²) in [6.45, 7) is 15.9. The Kier molecular flexibility index (Phi) is 12.2. The topological polar surface area (TPSA) is 66.4 Å². The third kappa shape index (κ3) is 8.68. The zero-order chi connectivity index (χ0) is 35.7. The molecule has 0 spiro atoms. The van der Waals surface area contributed by atoms with E-state index >= 15 is 0 Å². The van der Waals surface area contributed by atoms with Crippen LogP contribution in [0.5, 0.6) is 5.75 Å². The first-order valence-electron chi connectivity index (χ1n) is 18.6. The number of fused-ring (bicyclic) bond motifs is 1. The van der Waals surface area contributed by atoms with E-state index in [0.29, 0.717) is 6.42 Å². The number of benzene rings is 3. The molecule has 2 aliphatic rings. The lowest BCUT2D eigenvalue weighted by atomic mass is 9.80. The number of quaternary nitrogens is 1. The van der Waals surface area contributed by atoms with Gasteiger partial charge in [-0.05, 0) is 103 Å². The van der Waals surface area contributed by atoms with Crippen LogP contribution < -0.4 is 15.0 Å². The highest BCUT2D eigenvalue weighted by Crippen LogP contribution is 2.48. The number of carboxylic acids is 1. The van der Waals surface area contributed by atoms with Crippen LogP contribution in [-0.4, -0.2) is 24.2 Å². The summed E-state index contributed by atoms with van der Waals surface area (Å²) >= 11 is 0. The van der Waals surface area contributed by atoms with Gasteiger partial charge < -0.3 is 20.1 Å². The van der Waals surface area contributed by atoms with E-state index in [1.165, 1.54) is 39.3 Å². The molecule has 0 saturated heterocycles. The normalized spacial score (nSPS) is 17.6. The largest absolute Gasteiger partial charge is 0.481 e. The molecule has 1 aliphatic heterocycles. The van der Waals surface area contributed by atoms with Crippen molar-refractivity contribution in [1.82, 2.24) is 0 Å². The van der Waals surface area contributed by atoms with Crippen LogP contribution in [0.2, 0.25) is 0 Å². The number of aryl methyl sites for hydroxylation is 1. The minimum atomic E-state index is -0.783. The molecule has 1 aliphatic carbocycles. The summed E-state index contributed by atoms with van der Waals surface area (Å²) in [7, 11) is 0. The number of ether oxygens (including phenoxy) is 1. The maximum atomic E-state index is 11.1. The number of carbonyl (C=O) groups is 1. The summed E-state index contributed by atoms with van der Waals surface area (Å²) in [5.41, 5.74) is 10.0. The van der Waals surface area contributed by atoms with Gasteiger partial charge in [-0.1, -0.05) is 108 Å². The number of anilines is 1. The van der Waals surface area contributed by atoms with Crippen molar-refractivity contribution in [3.8, 4) is 5.75 Å². The van der Waals surface area contributed by atoms with Crippen LogP contribution in [0.4, 0.5) is 11.4 Å². The SMILES string of the molecule is CCC[NH2+]c1ccccc1C(C)(C)C/C=C/C1=C(Oc2ccc(CCC(=O)O)cc2)C(=C/C=C2/N(CCC)c3ccccc3C2(C)C)/CCC1. The second kappa shape index (κ2) is 16.6. The first-order chi connectivity index (χ1) is 24.0. The highest BCUT2D eigenvalue weighted by molar-refractivity contribution is 5.71. The summed E-state index contributed by atoms with van der Waals surface area (Å²) in [5, 5.41) is 11.5. The molecular weight excluding hydrogens is 617 g/mol. The van der Waals surface area contributed by atoms with Gasteiger partial charge in [0.15, 0.2) is 0 Å². The van der Waals surface area contributed by atoms with E-state index in [0.717, 1.165) is 68.7 Å². The summed E-state index contributed by atoms with van der Waals surface area (Å²) in [6.07, 6.45) is 16.0. The van der Waals surface area contributed by atoms with Crippen molar-refractivity contribution in [2.24, 2.45) is 0 Å². The first kappa shape index (κ1) is 36.9. The summed E-state index contributed by atoms with van der Waals surface area (Å²) in [5.74, 6) is 0.926. The van der Waals surface area contributed by atoms with E-state index < -0.39 is 5.97 Å². The van der Waals surface area contributed by atoms with Gasteiger partial charge in [0, 0.05) is 35.3 Å². The minimum absolute atomic E-state index is 0.0196. The fourth-order valence-corrected chi connectivity index (χ4v) is 7.43. The van der Waals surface area contributed by atoms with E-state index in [9.17, 15) is 4.79 Å². The molecule has 3 aromatic rings. The Balaban J connectivity index is 1.49. The Morgan fingerprint density at radius 3 is 2.44 bits per heavy atom. The quantitative estimate of drug-likeness (QED) is 0.158. The average molecular weight is 674 g/mol. The predicted molar refractivity (Wildman–Crippen MR) is 207 cm³/mol. The van der Waals surface area contributed by atoms with Crippen LogP contribution in [0, 0.1) is 0 Å². The lowest BCUT2D eigenvalue weighted by molar-refractivity contribution is -0.572. The van der Waals surface area contributed by atoms with E-state index in [4.69, 9.17) is 9.84 Å². The Morgan fingerprint density at radius 1 is 0.960 bits per heavy atom. The monoisotopic (exact) mass is 673 g/mol. The summed E-state index contributed by atoms with van der Waals surface area (Å²) in [4.78, 5) is 13.6. The highest BCUT2D eigenvalue weighted by Gasteiger charge is 2.39. The second-order valence-corrected chi connectivity index (χ2v) is 15.0. The molecule has 1 heterocycles. The number of aliphatic carboxylic acids is 1. The van der Waals surface area contributed by atoms with Gasteiger partial charge in [0.1, 0.15) is 17.2 Å². The van der Waals surface area contributed by atoms with E-state index in [2.05, 4.69) is 125 Å². The third-order valence-electron chi connectivity index (χ3n) is 10.2. The van der Waals surface area contributed by atoms with Gasteiger partial charge in [-0.3, -0.25) is 4.79 Å². The van der Waals surface area contributed by atoms with Crippen LogP contribution in [0.3, 0.4) is 0 Å². The van der Waals surface area contributed by atoms with Crippen molar-refractivity contribution in [3.63, 3.8) is 0 Å². The molecule has 0 unspecified atom stereocenters. The maximum Gasteiger partial charge on any atom is 0.303 e. The van der Waals surface area contributed by atoms with Crippen molar-refractivity contribution in [2.75, 3.05) is 18.0 Å². The zero-order valence-corrected chi connectivity index (χ0v) is 31.1. The number of nitrogens with two attached hydrogens (primary N) is 1. The third-order valence-corrected chi connectivity index (χ3v) is 10.2. The van der Waals surface area contributed by atoms with E-state index in [-0.39, 0.29) is 17.3 Å². The number of carboxylic acid groups (broad SMARTS) is 1. The van der Waals surface area contributed by atoms with Gasteiger partial charge in [-0.15, -0.1) is 0 Å². The molecule has 0 aromatic heterocycles. The van der Waals surface area contributed by atoms with Crippen LogP contribution in [-0.2, 0) is 22.0 Å². The van der Waals surface area contributed by atoms with Crippen LogP contribution in [0.1, 0.15) is 103 Å². The van der Waals surface area contributed by atoms with Crippen LogP contribution in [0.25, 0.3) is 0 Å². The molecule has 0 fully saturated rings. The fraction of sp³-hybridized carbons (Fsp3) is 0.400. The molecule has 0 bridgehead atoms. The fourth-order valence-electron chi connectivity index (χ4n) is 7.43. The molecule has 5 rings (SSSR count). The lowest BCUT2D eigenvalue weighted by Crippen LogP contribution is -2.78. The van der Waals surface area contributed by atoms with Gasteiger partial charge in [0.05, 0.1) is 6.54 Å². The molecule has 5 heteroatoms. The molecule has 0 amide bonds. The molecule has 264 valence electrons. The molecule has 50 heavy (non-hydrogen) atoms. The van der Waals surface area contributed by atoms with E-state index in [1.807, 2.05) is 24.3 Å². The smallest absolute Gasteiger partial charge is 0.303 e. The molecule has 0 atom stereocenters. The van der Waals surface area contributed by atoms with Crippen molar-refractivity contribution >= 4 is 17.3 Å². The second-order valence-electron chi connectivity index (χ2n) is 15.0. The van der Waals surface area contributed by atoms with Crippen molar-refractivity contribution in [1.29, 1.82) is 0 Å². The zero-order valence-electron chi connectivity index (χ0n) is 31.1. The van der Waals surface area contributed by atoms with Gasteiger partial charge in [-0.2, -0.15) is 0 Å². The molecule has 3 N–H and O–H groups in total. The highest BCUT2D eigenvalue weighted by atomic mass is 16.5. The Hall–Kier alpha value is -4.35. The van der Waals surface area contributed by atoms with Crippen molar-refractivity contribution in [3.05, 3.63) is 136 Å². The lowest BCUT2D eigenvalue weighted by Gasteiger charge is -2.27. The summed E-state index contributed by atoms with van der Waals surface area (Å²) in [6, 6.07) is 25.6. The molecule has 5 nitrogen and oxygen atoms in total. The van der Waals surface area contributed by atoms with Crippen LogP contribution in [0.15, 0.2) is 120 Å². The van der Waals surface area contributed by atoms with Crippen molar-refractivity contribution < 1.29 is 20.0 Å². The number of nitrogens with zero attached hydrogens (tertiary/aromatic N) is 1. The Labute approximate surface area is 300 Å². The number of hydrogen-bond donors (Lipinski definition) is 2. The number of para-hydroxylation sites is 2. The number of hydrogen-bond acceptors (Lipinski definition) is 3. The van der Waals surface area contributed by atoms with E-state index in [1.54, 1.807) is 0 Å². The first-order valence-corrected chi connectivity index (χ1v) is 18.6. The molecule has 3 aromatic carbocycles. The molecular formula is C45H57N2O3+. The van der Waals surface area contributed by atoms with Crippen LogP contribution >= 0.6 is 0 Å². The predicted octanol–water partition coefficient (Wildman–Crippen LogP) is 10.1. The standard InChI is InChI=1S/C45H56N2O3/c1-7-31-46-39-20-11-9-18-37(39)44(3,4)30-14-17-34-15-13-16-35(43(34)50-36-26-22-33(23-27-36)24-29-42(48)49)25-28-41-45(5,6)38-19-10-12-21-40(38)47(41)32-8-2/h9-12,14,17-23,25-28,46H,7-8,13,15-16,24,29-32H2,1-6H3,(H,48,49)/p+1/b17-14+,35-25+,41-28+. The van der Waals surface area contributed by atoms with Crippen molar-refractivity contribution in [2.45, 2.75) is 104 Å². The average Bonchev–Trinajstić information content (AvgIpc) is 3.32. The Morgan fingerprint density at radius 2 is 1.70 bits per heavy atom. The van der Waals surface area contributed by atoms with Gasteiger partial charge in [0.2, 0.25) is 0 Å². The molecule has 0 saturated carbocycles. The minimum Gasteiger partial charge on any atom is -0.481 e. The van der Waals surface area contributed by atoms with Gasteiger partial charge >= 0.3 is 5.97 Å². The Bertz CT molecular complexity index is 1760. The molecule has 0 radical (unpaired) electrons. The number of allylic oxidation sites excluding steroid dienone is 7. The van der Waals surface area contributed by atoms with Gasteiger partial charge in [-0.25, -0.2) is 0 Å². The summed E-state index contributed by atoms with van der Waals surface area (Å²) < 4.78 is 6.79.